The van der Waals surface area contributed by atoms with Gasteiger partial charge in [0.25, 0.3) is 0 Å². The quantitative estimate of drug-likeness (QED) is 0.732. The molecule has 16 heavy (non-hydrogen) atoms. The van der Waals surface area contributed by atoms with Crippen LogP contribution in [0.1, 0.15) is 38.6 Å². The Hall–Kier alpha value is -0.210. The number of hydrogen-bond acceptors (Lipinski definition) is 1. The van der Waals surface area contributed by atoms with Gasteiger partial charge < -0.3 is 0 Å². The maximum absolute atomic E-state index is 6.25. The zero-order chi connectivity index (χ0) is 12.3. The summed E-state index contributed by atoms with van der Waals surface area (Å²) in [6.07, 6.45) is 1.85. The van der Waals surface area contributed by atoms with Crippen molar-refractivity contribution < 1.29 is 0 Å². The summed E-state index contributed by atoms with van der Waals surface area (Å²) in [5.41, 5.74) is 2.03. The zero-order valence-electron chi connectivity index (χ0n) is 10.4. The Kier molecular flexibility index (Phi) is 5.13. The van der Waals surface area contributed by atoms with Crippen molar-refractivity contribution in [2.75, 3.05) is 0 Å². The molecule has 0 radical (unpaired) electrons. The van der Waals surface area contributed by atoms with Crippen LogP contribution in [0.2, 0.25) is 5.02 Å². The lowest BCUT2D eigenvalue weighted by Crippen LogP contribution is -2.11. The highest BCUT2D eigenvalue weighted by atomic mass is 35.5. The highest BCUT2D eigenvalue weighted by molar-refractivity contribution is 6.31. The topological polar surface area (TPSA) is 17.8 Å². The SMILES string of the molecule is CCn1nc(C)c(Cl)c1CCC(Cl)C(C)C. The van der Waals surface area contributed by atoms with Crippen molar-refractivity contribution in [2.24, 2.45) is 5.92 Å². The standard InChI is InChI=1S/C12H20Cl2N2/c1-5-16-11(12(14)9(4)15-16)7-6-10(13)8(2)3/h8,10H,5-7H2,1-4H3. The van der Waals surface area contributed by atoms with Crippen molar-refractivity contribution >= 4 is 23.2 Å². The number of aromatic nitrogens is 2. The number of aryl methyl sites for hydroxylation is 2. The van der Waals surface area contributed by atoms with Crippen molar-refractivity contribution in [3.8, 4) is 0 Å². The number of nitrogens with zero attached hydrogens (tertiary/aromatic N) is 2. The average Bonchev–Trinajstić information content (AvgIpc) is 2.51. The molecule has 0 amide bonds. The fourth-order valence-electron chi connectivity index (χ4n) is 1.72. The van der Waals surface area contributed by atoms with Crippen LogP contribution >= 0.6 is 23.2 Å². The van der Waals surface area contributed by atoms with Gasteiger partial charge in [0.1, 0.15) is 0 Å². The summed E-state index contributed by atoms with van der Waals surface area (Å²) in [5.74, 6) is 0.500. The second kappa shape index (κ2) is 5.92. The summed E-state index contributed by atoms with van der Waals surface area (Å²) < 4.78 is 1.97. The average molecular weight is 263 g/mol. The normalized spacial score (nSPS) is 13.4. The summed E-state index contributed by atoms with van der Waals surface area (Å²) in [6.45, 7) is 9.16. The molecule has 0 aliphatic rings. The van der Waals surface area contributed by atoms with E-state index in [9.17, 15) is 0 Å². The Morgan fingerprint density at radius 3 is 2.50 bits per heavy atom. The first-order valence-electron chi connectivity index (χ1n) is 5.83. The van der Waals surface area contributed by atoms with Gasteiger partial charge in [-0.3, -0.25) is 4.68 Å². The second-order valence-electron chi connectivity index (χ2n) is 4.46. The van der Waals surface area contributed by atoms with Crippen LogP contribution in [0.3, 0.4) is 0 Å². The van der Waals surface area contributed by atoms with E-state index in [1.165, 1.54) is 0 Å². The molecule has 1 rings (SSSR count). The minimum atomic E-state index is 0.205. The minimum Gasteiger partial charge on any atom is -0.268 e. The highest BCUT2D eigenvalue weighted by Crippen LogP contribution is 2.24. The van der Waals surface area contributed by atoms with Crippen LogP contribution in [0.25, 0.3) is 0 Å². The molecule has 0 saturated carbocycles. The van der Waals surface area contributed by atoms with E-state index in [1.54, 1.807) is 0 Å². The third-order valence-corrected chi connectivity index (χ3v) is 4.05. The zero-order valence-corrected chi connectivity index (χ0v) is 11.9. The largest absolute Gasteiger partial charge is 0.268 e. The number of hydrogen-bond donors (Lipinski definition) is 0. The molecule has 1 heterocycles. The predicted molar refractivity (Wildman–Crippen MR) is 70.4 cm³/mol. The van der Waals surface area contributed by atoms with Gasteiger partial charge in [-0.1, -0.05) is 25.4 Å². The Balaban J connectivity index is 2.73. The predicted octanol–water partition coefficient (Wildman–Crippen LogP) is 4.06. The first-order chi connectivity index (χ1) is 7.47. The third-order valence-electron chi connectivity index (χ3n) is 2.83. The molecule has 0 bridgehead atoms. The van der Waals surface area contributed by atoms with Gasteiger partial charge in [-0.05, 0) is 32.6 Å². The lowest BCUT2D eigenvalue weighted by atomic mass is 10.0. The van der Waals surface area contributed by atoms with Crippen LogP contribution in [-0.2, 0) is 13.0 Å². The maximum atomic E-state index is 6.25. The monoisotopic (exact) mass is 262 g/mol. The number of rotatable bonds is 5. The van der Waals surface area contributed by atoms with Gasteiger partial charge in [0.15, 0.2) is 0 Å². The van der Waals surface area contributed by atoms with Crippen LogP contribution in [-0.4, -0.2) is 15.2 Å². The summed E-state index contributed by atoms with van der Waals surface area (Å²) in [4.78, 5) is 0. The molecule has 92 valence electrons. The van der Waals surface area contributed by atoms with Crippen LogP contribution < -0.4 is 0 Å². The van der Waals surface area contributed by atoms with Gasteiger partial charge in [-0.15, -0.1) is 11.6 Å². The van der Waals surface area contributed by atoms with Crippen molar-refractivity contribution in [2.45, 2.75) is 52.5 Å². The Labute approximate surface area is 108 Å². The van der Waals surface area contributed by atoms with Gasteiger partial charge in [0, 0.05) is 11.9 Å². The van der Waals surface area contributed by atoms with Crippen LogP contribution in [0, 0.1) is 12.8 Å². The molecule has 4 heteroatoms. The molecule has 1 aromatic rings. The molecule has 0 aliphatic heterocycles. The number of halogens is 2. The van der Waals surface area contributed by atoms with Gasteiger partial charge in [0.2, 0.25) is 0 Å². The maximum Gasteiger partial charge on any atom is 0.0847 e. The first-order valence-corrected chi connectivity index (χ1v) is 6.64. The summed E-state index contributed by atoms with van der Waals surface area (Å²) >= 11 is 12.5. The molecule has 0 aliphatic carbocycles. The van der Waals surface area contributed by atoms with E-state index in [4.69, 9.17) is 23.2 Å². The van der Waals surface area contributed by atoms with E-state index in [-0.39, 0.29) is 5.38 Å². The summed E-state index contributed by atoms with van der Waals surface area (Å²) in [5, 5.41) is 5.40. The van der Waals surface area contributed by atoms with Crippen LogP contribution in [0.5, 0.6) is 0 Å². The Morgan fingerprint density at radius 1 is 1.38 bits per heavy atom. The van der Waals surface area contributed by atoms with Gasteiger partial charge in [0.05, 0.1) is 16.4 Å². The van der Waals surface area contributed by atoms with Crippen LogP contribution in [0.15, 0.2) is 0 Å². The van der Waals surface area contributed by atoms with Crippen molar-refractivity contribution in [3.63, 3.8) is 0 Å². The Bertz CT molecular complexity index is 345. The van der Waals surface area contributed by atoms with E-state index in [0.29, 0.717) is 5.92 Å². The molecule has 0 fully saturated rings. The molecule has 1 unspecified atom stereocenters. The molecule has 1 aromatic heterocycles. The van der Waals surface area contributed by atoms with Gasteiger partial charge in [-0.25, -0.2) is 0 Å². The van der Waals surface area contributed by atoms with Gasteiger partial charge >= 0.3 is 0 Å². The molecule has 0 N–H and O–H groups in total. The first kappa shape index (κ1) is 13.9. The molecular formula is C12H20Cl2N2. The van der Waals surface area contributed by atoms with Crippen molar-refractivity contribution in [1.29, 1.82) is 0 Å². The fraction of sp³-hybridized carbons (Fsp3) is 0.750. The summed E-state index contributed by atoms with van der Waals surface area (Å²) in [6, 6.07) is 0. The molecule has 1 atom stereocenters. The molecule has 0 saturated heterocycles. The lowest BCUT2D eigenvalue weighted by molar-refractivity contribution is 0.543. The van der Waals surface area contributed by atoms with E-state index in [1.807, 2.05) is 11.6 Å². The van der Waals surface area contributed by atoms with Crippen molar-refractivity contribution in [3.05, 3.63) is 16.4 Å². The van der Waals surface area contributed by atoms with E-state index in [2.05, 4.69) is 25.9 Å². The van der Waals surface area contributed by atoms with E-state index < -0.39 is 0 Å². The molecular weight excluding hydrogens is 243 g/mol. The minimum absolute atomic E-state index is 0.205. The third kappa shape index (κ3) is 3.14. The van der Waals surface area contributed by atoms with Gasteiger partial charge in [-0.2, -0.15) is 5.10 Å². The number of alkyl halides is 1. The second-order valence-corrected chi connectivity index (χ2v) is 5.40. The Morgan fingerprint density at radius 2 is 2.00 bits per heavy atom. The van der Waals surface area contributed by atoms with Crippen LogP contribution in [0.4, 0.5) is 0 Å². The highest BCUT2D eigenvalue weighted by Gasteiger charge is 2.15. The smallest absolute Gasteiger partial charge is 0.0847 e. The van der Waals surface area contributed by atoms with Crippen molar-refractivity contribution in [1.82, 2.24) is 9.78 Å². The van der Waals surface area contributed by atoms with E-state index in [0.717, 1.165) is 35.8 Å². The van der Waals surface area contributed by atoms with E-state index >= 15 is 0 Å². The molecule has 2 nitrogen and oxygen atoms in total. The fourth-order valence-corrected chi connectivity index (χ4v) is 2.05. The molecule has 0 spiro atoms. The lowest BCUT2D eigenvalue weighted by Gasteiger charge is -2.13. The molecule has 0 aromatic carbocycles. The summed E-state index contributed by atoms with van der Waals surface area (Å²) in [7, 11) is 0.